The molecule has 0 radical (unpaired) electrons. The molecule has 1 heterocycles. The third-order valence-electron chi connectivity index (χ3n) is 3.05. The Bertz CT molecular complexity index is 772. The highest BCUT2D eigenvalue weighted by molar-refractivity contribution is 8.01. The van der Waals surface area contributed by atoms with E-state index >= 15 is 0 Å². The van der Waals surface area contributed by atoms with E-state index in [4.69, 9.17) is 0 Å². The standard InChI is InChI=1S/C16H17N3O3S/c1-10(20)14(15(22)19(2)3)23-16-17-12(9-13(21)18-16)11-7-5-4-6-8-11/h4-9,14H,1-3H3,(H,17,18,21)/t14-/m0/s1. The summed E-state index contributed by atoms with van der Waals surface area (Å²) >= 11 is 0.949. The number of aromatic nitrogens is 2. The number of rotatable bonds is 5. The van der Waals surface area contributed by atoms with E-state index in [-0.39, 0.29) is 22.4 Å². The molecule has 1 atom stereocenters. The van der Waals surface area contributed by atoms with Gasteiger partial charge in [-0.15, -0.1) is 0 Å². The molecule has 7 heteroatoms. The molecule has 1 N–H and O–H groups in total. The molecule has 0 aliphatic rings. The van der Waals surface area contributed by atoms with Crippen molar-refractivity contribution in [3.8, 4) is 11.3 Å². The molecule has 0 aliphatic carbocycles. The Kier molecular flexibility index (Phi) is 5.33. The maximum atomic E-state index is 12.1. The molecule has 0 saturated carbocycles. The van der Waals surface area contributed by atoms with Crippen molar-refractivity contribution in [2.45, 2.75) is 17.3 Å². The first-order chi connectivity index (χ1) is 10.9. The molecule has 6 nitrogen and oxygen atoms in total. The molecule has 2 rings (SSSR count). The zero-order valence-corrected chi connectivity index (χ0v) is 13.9. The molecule has 2 aromatic rings. The van der Waals surface area contributed by atoms with Crippen LogP contribution in [0.2, 0.25) is 0 Å². The molecule has 0 unspecified atom stereocenters. The summed E-state index contributed by atoms with van der Waals surface area (Å²) in [5, 5.41) is -0.689. The van der Waals surface area contributed by atoms with Crippen LogP contribution in [-0.2, 0) is 9.59 Å². The lowest BCUT2D eigenvalue weighted by atomic mass is 10.1. The number of ketones is 1. The van der Waals surface area contributed by atoms with E-state index in [2.05, 4.69) is 9.97 Å². The van der Waals surface area contributed by atoms with Crippen LogP contribution < -0.4 is 5.56 Å². The number of hydrogen-bond donors (Lipinski definition) is 1. The zero-order chi connectivity index (χ0) is 17.0. The van der Waals surface area contributed by atoms with Crippen molar-refractivity contribution in [2.24, 2.45) is 0 Å². The third kappa shape index (κ3) is 4.29. The predicted octanol–water partition coefficient (Wildman–Crippen LogP) is 1.57. The van der Waals surface area contributed by atoms with Gasteiger partial charge in [-0.1, -0.05) is 42.1 Å². The Balaban J connectivity index is 2.36. The number of thioether (sulfide) groups is 1. The second-order valence-electron chi connectivity index (χ2n) is 5.14. The lowest BCUT2D eigenvalue weighted by Gasteiger charge is -2.17. The smallest absolute Gasteiger partial charge is 0.252 e. The molecular formula is C16H17N3O3S. The molecular weight excluding hydrogens is 314 g/mol. The number of benzene rings is 1. The van der Waals surface area contributed by atoms with Crippen molar-refractivity contribution >= 4 is 23.5 Å². The third-order valence-corrected chi connectivity index (χ3v) is 4.24. The number of carbonyl (C=O) groups excluding carboxylic acids is 2. The number of amides is 1. The molecule has 23 heavy (non-hydrogen) atoms. The van der Waals surface area contributed by atoms with Gasteiger partial charge >= 0.3 is 0 Å². The number of carbonyl (C=O) groups is 2. The van der Waals surface area contributed by atoms with Crippen molar-refractivity contribution in [2.75, 3.05) is 14.1 Å². The number of hydrogen-bond acceptors (Lipinski definition) is 5. The summed E-state index contributed by atoms with van der Waals surface area (Å²) in [7, 11) is 3.16. The summed E-state index contributed by atoms with van der Waals surface area (Å²) in [5.74, 6) is -0.628. The maximum Gasteiger partial charge on any atom is 0.252 e. The van der Waals surface area contributed by atoms with Gasteiger partial charge in [-0.3, -0.25) is 14.4 Å². The summed E-state index contributed by atoms with van der Waals surface area (Å²) in [6.07, 6.45) is 0. The van der Waals surface area contributed by atoms with Gasteiger partial charge in [-0.05, 0) is 6.92 Å². The Morgan fingerprint density at radius 1 is 1.22 bits per heavy atom. The molecule has 0 saturated heterocycles. The minimum Gasteiger partial charge on any atom is -0.347 e. The summed E-state index contributed by atoms with van der Waals surface area (Å²) in [5.41, 5.74) is 0.955. The lowest BCUT2D eigenvalue weighted by Crippen LogP contribution is -2.36. The number of Topliss-reactive ketones (excluding diaryl/α,β-unsaturated/α-hetero) is 1. The van der Waals surface area contributed by atoms with Gasteiger partial charge in [0.25, 0.3) is 5.56 Å². The average molecular weight is 331 g/mol. The highest BCUT2D eigenvalue weighted by Gasteiger charge is 2.27. The molecule has 1 aromatic heterocycles. The number of nitrogens with one attached hydrogen (secondary N) is 1. The first kappa shape index (κ1) is 17.0. The first-order valence-corrected chi connectivity index (χ1v) is 7.81. The highest BCUT2D eigenvalue weighted by atomic mass is 32.2. The Morgan fingerprint density at radius 2 is 1.87 bits per heavy atom. The van der Waals surface area contributed by atoms with Crippen LogP contribution >= 0.6 is 11.8 Å². The summed E-state index contributed by atoms with van der Waals surface area (Å²) in [4.78, 5) is 44.0. The number of aromatic amines is 1. The zero-order valence-electron chi connectivity index (χ0n) is 13.1. The largest absolute Gasteiger partial charge is 0.347 e. The SMILES string of the molecule is CC(=O)[C@H](Sc1nc(-c2ccccc2)cc(=O)[nH]1)C(=O)N(C)C. The van der Waals surface area contributed by atoms with Crippen LogP contribution in [0, 0.1) is 0 Å². The van der Waals surface area contributed by atoms with Crippen molar-refractivity contribution in [1.29, 1.82) is 0 Å². The number of nitrogens with zero attached hydrogens (tertiary/aromatic N) is 2. The van der Waals surface area contributed by atoms with Crippen molar-refractivity contribution in [1.82, 2.24) is 14.9 Å². The first-order valence-electron chi connectivity index (χ1n) is 6.93. The molecule has 0 fully saturated rings. The van der Waals surface area contributed by atoms with Gasteiger partial charge in [-0.25, -0.2) is 4.98 Å². The minimum absolute atomic E-state index is 0.242. The van der Waals surface area contributed by atoms with E-state index < -0.39 is 5.25 Å². The van der Waals surface area contributed by atoms with Crippen LogP contribution in [0.4, 0.5) is 0 Å². The summed E-state index contributed by atoms with van der Waals surface area (Å²) < 4.78 is 0. The highest BCUT2D eigenvalue weighted by Crippen LogP contribution is 2.23. The predicted molar refractivity (Wildman–Crippen MR) is 89.3 cm³/mol. The van der Waals surface area contributed by atoms with Crippen LogP contribution in [0.15, 0.2) is 46.3 Å². The van der Waals surface area contributed by atoms with Gasteiger partial charge in [0.2, 0.25) is 5.91 Å². The topological polar surface area (TPSA) is 83.1 Å². The van der Waals surface area contributed by atoms with Gasteiger partial charge in [0.1, 0.15) is 5.25 Å². The van der Waals surface area contributed by atoms with E-state index in [1.807, 2.05) is 30.3 Å². The Labute approximate surface area is 137 Å². The van der Waals surface area contributed by atoms with E-state index in [1.165, 1.54) is 17.9 Å². The Hall–Kier alpha value is -2.41. The van der Waals surface area contributed by atoms with Gasteiger partial charge in [0.05, 0.1) is 5.69 Å². The van der Waals surface area contributed by atoms with Crippen LogP contribution in [0.25, 0.3) is 11.3 Å². The van der Waals surface area contributed by atoms with Crippen LogP contribution in [0.1, 0.15) is 6.92 Å². The lowest BCUT2D eigenvalue weighted by molar-refractivity contribution is -0.132. The fraction of sp³-hybridized carbons (Fsp3) is 0.250. The van der Waals surface area contributed by atoms with Crippen molar-refractivity contribution in [3.05, 3.63) is 46.8 Å². The van der Waals surface area contributed by atoms with Crippen molar-refractivity contribution in [3.63, 3.8) is 0 Å². The molecule has 1 amide bonds. The minimum atomic E-state index is -0.931. The molecule has 0 aliphatic heterocycles. The monoisotopic (exact) mass is 331 g/mol. The van der Waals surface area contributed by atoms with Gasteiger partial charge < -0.3 is 9.88 Å². The van der Waals surface area contributed by atoms with Crippen LogP contribution in [0.3, 0.4) is 0 Å². The summed E-state index contributed by atoms with van der Waals surface area (Å²) in [6, 6.07) is 10.6. The van der Waals surface area contributed by atoms with E-state index in [0.717, 1.165) is 17.3 Å². The van der Waals surface area contributed by atoms with Crippen molar-refractivity contribution < 1.29 is 9.59 Å². The van der Waals surface area contributed by atoms with E-state index in [9.17, 15) is 14.4 Å². The normalized spacial score (nSPS) is 11.8. The molecule has 0 spiro atoms. The fourth-order valence-electron chi connectivity index (χ4n) is 1.90. The average Bonchev–Trinajstić information content (AvgIpc) is 2.52. The van der Waals surface area contributed by atoms with E-state index in [1.54, 1.807) is 14.1 Å². The quantitative estimate of drug-likeness (QED) is 0.511. The summed E-state index contributed by atoms with van der Waals surface area (Å²) in [6.45, 7) is 1.35. The molecule has 0 bridgehead atoms. The van der Waals surface area contributed by atoms with Gasteiger partial charge in [-0.2, -0.15) is 0 Å². The molecule has 120 valence electrons. The Morgan fingerprint density at radius 3 is 2.43 bits per heavy atom. The second kappa shape index (κ2) is 7.23. The van der Waals surface area contributed by atoms with Gasteiger partial charge in [0.15, 0.2) is 10.9 Å². The van der Waals surface area contributed by atoms with Crippen LogP contribution in [0.5, 0.6) is 0 Å². The van der Waals surface area contributed by atoms with E-state index in [0.29, 0.717) is 5.69 Å². The maximum absolute atomic E-state index is 12.1. The second-order valence-corrected chi connectivity index (χ2v) is 6.24. The van der Waals surface area contributed by atoms with Crippen LogP contribution in [-0.4, -0.2) is 45.9 Å². The fourth-order valence-corrected chi connectivity index (χ4v) is 2.91. The van der Waals surface area contributed by atoms with Gasteiger partial charge in [0, 0.05) is 25.7 Å². The number of H-pyrrole nitrogens is 1. The molecule has 1 aromatic carbocycles.